The van der Waals surface area contributed by atoms with Crippen molar-refractivity contribution in [3.05, 3.63) is 23.5 Å². The molecule has 0 amide bonds. The Morgan fingerprint density at radius 3 is 2.62 bits per heavy atom. The second-order valence-corrected chi connectivity index (χ2v) is 3.61. The summed E-state index contributed by atoms with van der Waals surface area (Å²) in [6.45, 7) is 9.90. The molecule has 0 radical (unpaired) electrons. The monoisotopic (exact) mass is 219 g/mol. The highest BCUT2D eigenvalue weighted by molar-refractivity contribution is 6.60. The van der Waals surface area contributed by atoms with Gasteiger partial charge in [0.2, 0.25) is 5.82 Å². The average Bonchev–Trinajstić information content (AvgIpc) is 2.60. The first-order valence-electron chi connectivity index (χ1n) is 5.30. The van der Waals surface area contributed by atoms with Crippen molar-refractivity contribution in [1.82, 2.24) is 9.88 Å². The minimum Gasteiger partial charge on any atom is -0.404 e. The van der Waals surface area contributed by atoms with Gasteiger partial charge in [-0.2, -0.15) is 0 Å². The van der Waals surface area contributed by atoms with Gasteiger partial charge in [-0.25, -0.2) is 0 Å². The molecule has 0 unspecified atom stereocenters. The van der Waals surface area contributed by atoms with E-state index >= 15 is 0 Å². The molecule has 0 aliphatic carbocycles. The van der Waals surface area contributed by atoms with E-state index in [1.54, 1.807) is 6.07 Å². The third-order valence-corrected chi connectivity index (χ3v) is 2.59. The van der Waals surface area contributed by atoms with Crippen LogP contribution < -0.4 is 10.9 Å². The van der Waals surface area contributed by atoms with E-state index in [1.807, 2.05) is 17.7 Å². The molecule has 0 bridgehead atoms. The summed E-state index contributed by atoms with van der Waals surface area (Å²) in [6, 6.07) is 3.67. The van der Waals surface area contributed by atoms with Crippen LogP contribution in [0.3, 0.4) is 0 Å². The molecule has 1 N–H and O–H groups in total. The lowest BCUT2D eigenvalue weighted by Crippen LogP contribution is -2.45. The first-order valence-corrected chi connectivity index (χ1v) is 5.30. The summed E-state index contributed by atoms with van der Waals surface area (Å²) in [5.74, 6) is 0.599. The standard InChI is InChI=1S/C10H14BN3O2/c1-12-10-4-3-9(14(10)2)11-15-7-5-13-6-8-16-11/h3-4,13H,5-8H2,2H3. The largest absolute Gasteiger partial charge is 0.534 e. The number of nitrogens with one attached hydrogen (secondary N) is 1. The summed E-state index contributed by atoms with van der Waals surface area (Å²) in [5, 5.41) is 3.18. The van der Waals surface area contributed by atoms with Crippen LogP contribution in [0, 0.1) is 6.57 Å². The number of hydrogen-bond acceptors (Lipinski definition) is 3. The third-order valence-electron chi connectivity index (χ3n) is 2.59. The smallest absolute Gasteiger partial charge is 0.404 e. The van der Waals surface area contributed by atoms with Gasteiger partial charge in [0.15, 0.2) is 0 Å². The molecule has 2 heterocycles. The number of aromatic nitrogens is 1. The van der Waals surface area contributed by atoms with Gasteiger partial charge in [-0.05, 0) is 12.1 Å². The quantitative estimate of drug-likeness (QED) is 0.530. The fourth-order valence-corrected chi connectivity index (χ4v) is 1.68. The van der Waals surface area contributed by atoms with Crippen LogP contribution in [0.5, 0.6) is 0 Å². The Morgan fingerprint density at radius 1 is 1.38 bits per heavy atom. The average molecular weight is 219 g/mol. The molecule has 1 saturated heterocycles. The molecule has 0 atom stereocenters. The maximum Gasteiger partial charge on any atom is 0.534 e. The lowest BCUT2D eigenvalue weighted by Gasteiger charge is -2.17. The Labute approximate surface area is 95.3 Å². The first kappa shape index (κ1) is 11.2. The minimum atomic E-state index is -0.359. The predicted molar refractivity (Wildman–Crippen MR) is 61.8 cm³/mol. The van der Waals surface area contributed by atoms with Crippen LogP contribution >= 0.6 is 0 Å². The zero-order valence-corrected chi connectivity index (χ0v) is 9.27. The SMILES string of the molecule is [C-]#[N+]c1ccc(B2OCCNCCO2)n1C. The summed E-state index contributed by atoms with van der Waals surface area (Å²) in [4.78, 5) is 3.42. The zero-order chi connectivity index (χ0) is 11.4. The van der Waals surface area contributed by atoms with Crippen LogP contribution in [0.25, 0.3) is 4.85 Å². The highest BCUT2D eigenvalue weighted by Gasteiger charge is 2.28. The van der Waals surface area contributed by atoms with Crippen molar-refractivity contribution >= 4 is 18.5 Å². The summed E-state index contributed by atoms with van der Waals surface area (Å²) in [6.07, 6.45) is 0. The molecule has 1 aromatic heterocycles. The van der Waals surface area contributed by atoms with Gasteiger partial charge in [0, 0.05) is 26.3 Å². The summed E-state index contributed by atoms with van der Waals surface area (Å²) < 4.78 is 13.0. The molecule has 1 aromatic rings. The number of hydrogen-bond donors (Lipinski definition) is 1. The Balaban J connectivity index is 2.15. The summed E-state index contributed by atoms with van der Waals surface area (Å²) >= 11 is 0. The van der Waals surface area contributed by atoms with Gasteiger partial charge in [-0.15, -0.1) is 0 Å². The Hall–Kier alpha value is -1.29. The lowest BCUT2D eigenvalue weighted by molar-refractivity contribution is 0.186. The van der Waals surface area contributed by atoms with Crippen LogP contribution in [0.15, 0.2) is 12.1 Å². The molecule has 2 rings (SSSR count). The lowest BCUT2D eigenvalue weighted by atomic mass is 9.84. The van der Waals surface area contributed by atoms with Crippen LogP contribution in [0.2, 0.25) is 0 Å². The van der Waals surface area contributed by atoms with Crippen molar-refractivity contribution in [1.29, 1.82) is 0 Å². The third kappa shape index (κ3) is 2.27. The second kappa shape index (κ2) is 5.17. The van der Waals surface area contributed by atoms with E-state index in [-0.39, 0.29) is 7.12 Å². The van der Waals surface area contributed by atoms with E-state index in [9.17, 15) is 0 Å². The first-order chi connectivity index (χ1) is 7.83. The van der Waals surface area contributed by atoms with Crippen molar-refractivity contribution in [2.24, 2.45) is 7.05 Å². The van der Waals surface area contributed by atoms with Gasteiger partial charge >= 0.3 is 7.12 Å². The van der Waals surface area contributed by atoms with Gasteiger partial charge in [0.05, 0.1) is 7.05 Å². The van der Waals surface area contributed by atoms with Gasteiger partial charge < -0.3 is 24.0 Å². The van der Waals surface area contributed by atoms with Crippen molar-refractivity contribution in [3.8, 4) is 0 Å². The molecule has 0 aromatic carbocycles. The van der Waals surface area contributed by atoms with E-state index in [0.717, 1.165) is 18.7 Å². The maximum absolute atomic E-state index is 7.00. The second-order valence-electron chi connectivity index (χ2n) is 3.61. The molecule has 84 valence electrons. The summed E-state index contributed by atoms with van der Waals surface area (Å²) in [5.41, 5.74) is 0.896. The minimum absolute atomic E-state index is 0.359. The Kier molecular flexibility index (Phi) is 3.62. The van der Waals surface area contributed by atoms with Gasteiger partial charge in [0.1, 0.15) is 5.59 Å². The normalized spacial score (nSPS) is 17.6. The van der Waals surface area contributed by atoms with Crippen LogP contribution in [0.1, 0.15) is 0 Å². The fraction of sp³-hybridized carbons (Fsp3) is 0.500. The molecule has 0 saturated carbocycles. The van der Waals surface area contributed by atoms with E-state index in [2.05, 4.69) is 10.2 Å². The predicted octanol–water partition coefficient (Wildman–Crippen LogP) is -0.0925. The fourth-order valence-electron chi connectivity index (χ4n) is 1.68. The highest BCUT2D eigenvalue weighted by atomic mass is 16.6. The topological polar surface area (TPSA) is 39.8 Å². The van der Waals surface area contributed by atoms with Crippen molar-refractivity contribution in [2.45, 2.75) is 0 Å². The van der Waals surface area contributed by atoms with Gasteiger partial charge in [-0.1, -0.05) is 6.57 Å². The molecular weight excluding hydrogens is 205 g/mol. The van der Waals surface area contributed by atoms with E-state index in [1.165, 1.54) is 0 Å². The molecule has 5 nitrogen and oxygen atoms in total. The van der Waals surface area contributed by atoms with Gasteiger partial charge in [-0.3, -0.25) is 0 Å². The molecule has 1 aliphatic rings. The number of rotatable bonds is 1. The van der Waals surface area contributed by atoms with E-state index < -0.39 is 0 Å². The Bertz CT molecular complexity index is 391. The van der Waals surface area contributed by atoms with Crippen LogP contribution in [0.4, 0.5) is 5.82 Å². The van der Waals surface area contributed by atoms with E-state index in [4.69, 9.17) is 15.9 Å². The van der Waals surface area contributed by atoms with E-state index in [0.29, 0.717) is 19.0 Å². The van der Waals surface area contributed by atoms with Gasteiger partial charge in [0.25, 0.3) is 0 Å². The molecule has 1 aliphatic heterocycles. The Morgan fingerprint density at radius 2 is 2.06 bits per heavy atom. The van der Waals surface area contributed by atoms with Crippen molar-refractivity contribution in [3.63, 3.8) is 0 Å². The van der Waals surface area contributed by atoms with Crippen molar-refractivity contribution < 1.29 is 9.31 Å². The highest BCUT2D eigenvalue weighted by Crippen LogP contribution is 2.10. The van der Waals surface area contributed by atoms with Crippen LogP contribution in [-0.2, 0) is 16.4 Å². The molecule has 16 heavy (non-hydrogen) atoms. The molecule has 0 spiro atoms. The van der Waals surface area contributed by atoms with Crippen LogP contribution in [-0.4, -0.2) is 38.0 Å². The molecular formula is C10H14BN3O2. The van der Waals surface area contributed by atoms with Crippen molar-refractivity contribution in [2.75, 3.05) is 26.3 Å². The maximum atomic E-state index is 7.00. The summed E-state index contributed by atoms with van der Waals surface area (Å²) in [7, 11) is 1.49. The molecule has 1 fully saturated rings. The molecule has 6 heteroatoms. The number of nitrogens with zero attached hydrogens (tertiary/aromatic N) is 2. The zero-order valence-electron chi connectivity index (χ0n) is 9.27.